The van der Waals surface area contributed by atoms with Crippen LogP contribution in [0.15, 0.2) is 18.2 Å². The number of alkyl halides is 1. The van der Waals surface area contributed by atoms with Crippen molar-refractivity contribution in [2.75, 3.05) is 18.0 Å². The van der Waals surface area contributed by atoms with Crippen molar-refractivity contribution >= 4 is 28.9 Å². The van der Waals surface area contributed by atoms with Gasteiger partial charge >= 0.3 is 0 Å². The Kier molecular flexibility index (Phi) is 4.18. The lowest BCUT2D eigenvalue weighted by atomic mass is 10.1. The number of ether oxygens (including phenoxy) is 1. The van der Waals surface area contributed by atoms with Gasteiger partial charge in [0.2, 0.25) is 0 Å². The highest BCUT2D eigenvalue weighted by Gasteiger charge is 2.24. The normalized spacial score (nSPS) is 25.1. The van der Waals surface area contributed by atoms with Crippen LogP contribution in [0.3, 0.4) is 0 Å². The SMILES string of the molecule is C[C@@H]1CN(c2cccc(Cl)c2CCl)C[C@H](C)O1. The Morgan fingerprint density at radius 3 is 2.53 bits per heavy atom. The maximum atomic E-state index is 6.18. The number of rotatable bonds is 2. The van der Waals surface area contributed by atoms with Crippen LogP contribution in [0.25, 0.3) is 0 Å². The first-order chi connectivity index (χ1) is 8.11. The van der Waals surface area contributed by atoms with Crippen molar-refractivity contribution in [3.8, 4) is 0 Å². The first-order valence-electron chi connectivity index (χ1n) is 5.85. The molecule has 1 aliphatic heterocycles. The van der Waals surface area contributed by atoms with Crippen molar-refractivity contribution in [3.63, 3.8) is 0 Å². The second-order valence-corrected chi connectivity index (χ2v) is 5.21. The van der Waals surface area contributed by atoms with Gasteiger partial charge in [0, 0.05) is 29.4 Å². The number of anilines is 1. The molecular weight excluding hydrogens is 257 g/mol. The minimum atomic E-state index is 0.237. The molecule has 17 heavy (non-hydrogen) atoms. The maximum Gasteiger partial charge on any atom is 0.0726 e. The Labute approximate surface area is 112 Å². The molecule has 1 aromatic rings. The van der Waals surface area contributed by atoms with Crippen LogP contribution in [0.4, 0.5) is 5.69 Å². The molecule has 0 bridgehead atoms. The molecule has 1 saturated heterocycles. The summed E-state index contributed by atoms with van der Waals surface area (Å²) in [5, 5.41) is 0.740. The number of benzene rings is 1. The summed E-state index contributed by atoms with van der Waals surface area (Å²) in [4.78, 5) is 2.31. The molecule has 0 spiro atoms. The lowest BCUT2D eigenvalue weighted by Gasteiger charge is -2.37. The summed E-state index contributed by atoms with van der Waals surface area (Å²) in [6.45, 7) is 5.95. The van der Waals surface area contributed by atoms with E-state index >= 15 is 0 Å². The molecule has 1 heterocycles. The third-order valence-electron chi connectivity index (χ3n) is 2.99. The number of hydrogen-bond donors (Lipinski definition) is 0. The predicted molar refractivity (Wildman–Crippen MR) is 73.2 cm³/mol. The molecule has 0 saturated carbocycles. The standard InChI is InChI=1S/C13H17Cl2NO/c1-9-7-16(8-10(2)17-9)13-5-3-4-12(15)11(13)6-14/h3-5,9-10H,6-8H2,1-2H3/t9-,10+. The van der Waals surface area contributed by atoms with Crippen LogP contribution in [-0.2, 0) is 10.6 Å². The molecule has 1 fully saturated rings. The second kappa shape index (κ2) is 5.47. The Hall–Kier alpha value is -0.440. The van der Waals surface area contributed by atoms with E-state index in [1.807, 2.05) is 12.1 Å². The van der Waals surface area contributed by atoms with Crippen molar-refractivity contribution in [3.05, 3.63) is 28.8 Å². The highest BCUT2D eigenvalue weighted by Crippen LogP contribution is 2.30. The Bertz CT molecular complexity index is 387. The third kappa shape index (κ3) is 2.87. The van der Waals surface area contributed by atoms with Gasteiger partial charge in [0.15, 0.2) is 0 Å². The van der Waals surface area contributed by atoms with Crippen LogP contribution in [0, 0.1) is 0 Å². The molecule has 0 radical (unpaired) electrons. The number of hydrogen-bond acceptors (Lipinski definition) is 2. The fourth-order valence-electron chi connectivity index (χ4n) is 2.35. The molecule has 0 aromatic heterocycles. The van der Waals surface area contributed by atoms with Crippen LogP contribution >= 0.6 is 23.2 Å². The van der Waals surface area contributed by atoms with E-state index in [0.717, 1.165) is 29.4 Å². The molecule has 2 atom stereocenters. The highest BCUT2D eigenvalue weighted by atomic mass is 35.5. The van der Waals surface area contributed by atoms with Gasteiger partial charge in [0.25, 0.3) is 0 Å². The van der Waals surface area contributed by atoms with Gasteiger partial charge in [0.1, 0.15) is 0 Å². The highest BCUT2D eigenvalue weighted by molar-refractivity contribution is 6.32. The van der Waals surface area contributed by atoms with Crippen LogP contribution in [0.2, 0.25) is 5.02 Å². The van der Waals surface area contributed by atoms with E-state index in [4.69, 9.17) is 27.9 Å². The van der Waals surface area contributed by atoms with Crippen molar-refractivity contribution in [1.82, 2.24) is 0 Å². The minimum absolute atomic E-state index is 0.237. The largest absolute Gasteiger partial charge is 0.372 e. The molecule has 4 heteroatoms. The monoisotopic (exact) mass is 273 g/mol. The first kappa shape index (κ1) is 13.0. The van der Waals surface area contributed by atoms with Gasteiger partial charge < -0.3 is 9.64 Å². The van der Waals surface area contributed by atoms with Gasteiger partial charge in [-0.2, -0.15) is 0 Å². The lowest BCUT2D eigenvalue weighted by molar-refractivity contribution is -0.00524. The second-order valence-electron chi connectivity index (χ2n) is 4.53. The van der Waals surface area contributed by atoms with Gasteiger partial charge in [-0.25, -0.2) is 0 Å². The van der Waals surface area contributed by atoms with Crippen molar-refractivity contribution in [1.29, 1.82) is 0 Å². The van der Waals surface area contributed by atoms with E-state index in [2.05, 4.69) is 24.8 Å². The van der Waals surface area contributed by atoms with Crippen molar-refractivity contribution < 1.29 is 4.74 Å². The summed E-state index contributed by atoms with van der Waals surface area (Å²) in [5.74, 6) is 0.440. The smallest absolute Gasteiger partial charge is 0.0726 e. The van der Waals surface area contributed by atoms with E-state index in [1.54, 1.807) is 0 Å². The quantitative estimate of drug-likeness (QED) is 0.762. The average Bonchev–Trinajstić information content (AvgIpc) is 2.27. The maximum absolute atomic E-state index is 6.18. The summed E-state index contributed by atoms with van der Waals surface area (Å²) in [5.41, 5.74) is 2.15. The number of morpholine rings is 1. The van der Waals surface area contributed by atoms with Crippen LogP contribution in [0.5, 0.6) is 0 Å². The molecule has 94 valence electrons. The summed E-state index contributed by atoms with van der Waals surface area (Å²) < 4.78 is 5.73. The van der Waals surface area contributed by atoms with E-state index in [-0.39, 0.29) is 12.2 Å². The summed E-state index contributed by atoms with van der Waals surface area (Å²) in [6.07, 6.45) is 0.474. The summed E-state index contributed by atoms with van der Waals surface area (Å²) in [6, 6.07) is 5.93. The van der Waals surface area contributed by atoms with E-state index in [9.17, 15) is 0 Å². The summed E-state index contributed by atoms with van der Waals surface area (Å²) >= 11 is 12.2. The Morgan fingerprint density at radius 2 is 1.94 bits per heavy atom. The predicted octanol–water partition coefficient (Wildman–Crippen LogP) is 3.69. The molecule has 0 N–H and O–H groups in total. The van der Waals surface area contributed by atoms with Crippen LogP contribution < -0.4 is 4.90 Å². The van der Waals surface area contributed by atoms with Gasteiger partial charge in [-0.05, 0) is 26.0 Å². The topological polar surface area (TPSA) is 12.5 Å². The van der Waals surface area contributed by atoms with Gasteiger partial charge in [-0.3, -0.25) is 0 Å². The molecule has 1 aromatic carbocycles. The average molecular weight is 274 g/mol. The molecule has 1 aliphatic rings. The number of nitrogens with zero attached hydrogens (tertiary/aromatic N) is 1. The van der Waals surface area contributed by atoms with Crippen molar-refractivity contribution in [2.24, 2.45) is 0 Å². The molecule has 0 amide bonds. The number of halogens is 2. The van der Waals surface area contributed by atoms with E-state index in [0.29, 0.717) is 5.88 Å². The fraction of sp³-hybridized carbons (Fsp3) is 0.538. The fourth-order valence-corrected chi connectivity index (χ4v) is 2.94. The van der Waals surface area contributed by atoms with E-state index in [1.165, 1.54) is 0 Å². The Balaban J connectivity index is 2.30. The van der Waals surface area contributed by atoms with Crippen LogP contribution in [-0.4, -0.2) is 25.3 Å². The van der Waals surface area contributed by atoms with Gasteiger partial charge in [0.05, 0.1) is 18.1 Å². The zero-order chi connectivity index (χ0) is 12.4. The molecule has 0 aliphatic carbocycles. The zero-order valence-electron chi connectivity index (χ0n) is 10.1. The molecular formula is C13H17Cl2NO. The minimum Gasteiger partial charge on any atom is -0.372 e. The molecule has 2 rings (SSSR count). The van der Waals surface area contributed by atoms with Crippen molar-refractivity contribution in [2.45, 2.75) is 31.9 Å². The van der Waals surface area contributed by atoms with Crippen LogP contribution in [0.1, 0.15) is 19.4 Å². The van der Waals surface area contributed by atoms with Gasteiger partial charge in [-0.1, -0.05) is 17.7 Å². The third-order valence-corrected chi connectivity index (χ3v) is 3.61. The van der Waals surface area contributed by atoms with Gasteiger partial charge in [-0.15, -0.1) is 11.6 Å². The molecule has 0 unspecified atom stereocenters. The van der Waals surface area contributed by atoms with E-state index < -0.39 is 0 Å². The zero-order valence-corrected chi connectivity index (χ0v) is 11.6. The summed E-state index contributed by atoms with van der Waals surface area (Å²) in [7, 11) is 0. The Morgan fingerprint density at radius 1 is 1.29 bits per heavy atom. The molecule has 2 nitrogen and oxygen atoms in total. The first-order valence-corrected chi connectivity index (χ1v) is 6.76. The lowest BCUT2D eigenvalue weighted by Crippen LogP contribution is -2.45.